The van der Waals surface area contributed by atoms with E-state index in [1.807, 2.05) is 62.4 Å². The lowest BCUT2D eigenvalue weighted by Crippen LogP contribution is -2.15. The zero-order chi connectivity index (χ0) is 44.7. The first kappa shape index (κ1) is 47.7. The van der Waals surface area contributed by atoms with Gasteiger partial charge in [0.15, 0.2) is 5.82 Å². The number of hydrogen-bond donors (Lipinski definition) is 1. The van der Waals surface area contributed by atoms with Crippen molar-refractivity contribution in [2.45, 2.75) is 66.3 Å². The van der Waals surface area contributed by atoms with Crippen molar-refractivity contribution in [3.63, 3.8) is 0 Å². The van der Waals surface area contributed by atoms with E-state index in [-0.39, 0.29) is 37.9 Å². The molecule has 3 aromatic carbocycles. The second kappa shape index (κ2) is 21.8. The summed E-state index contributed by atoms with van der Waals surface area (Å²) < 4.78 is 25.0. The van der Waals surface area contributed by atoms with Crippen LogP contribution in [0.4, 0.5) is 5.82 Å². The number of nitrogens with one attached hydrogen (secondary N) is 1. The van der Waals surface area contributed by atoms with E-state index in [1.54, 1.807) is 11.3 Å². The molecule has 1 aliphatic carbocycles. The highest BCUT2D eigenvalue weighted by Crippen LogP contribution is 2.40. The van der Waals surface area contributed by atoms with Gasteiger partial charge < -0.3 is 24.3 Å². The minimum atomic E-state index is -0.506. The van der Waals surface area contributed by atoms with Gasteiger partial charge in [-0.2, -0.15) is 13.5 Å². The molecule has 0 spiro atoms. The standard InChI is InChI=1S/C50H53ClN6O6S.H2S/c1-30-24-45(53-32(3)46(30)38-9-8-37-27-42(59)28-39(37)26-38)52-16-17-60-18-19-61-20-21-62-22-23-63-43-14-6-35(7-15-43)25-41(58)29-44-49-56-55-34(5)57(49)50-47(31(2)33(4)64-50)48(54-44)36-10-12-40(51)13-11-36;/h6-15,24,26,44H,16-23,25,27-29H2,1-5H3,(H,52,53);1H2/t44-;/m0./s1. The van der Waals surface area contributed by atoms with E-state index in [1.165, 1.54) is 4.88 Å². The molecule has 0 saturated heterocycles. The molecule has 0 saturated carbocycles. The van der Waals surface area contributed by atoms with Crippen LogP contribution in [0.1, 0.15) is 73.6 Å². The summed E-state index contributed by atoms with van der Waals surface area (Å²) in [6.45, 7) is 14.1. The second-order valence-electron chi connectivity index (χ2n) is 16.2. The van der Waals surface area contributed by atoms with Gasteiger partial charge in [0.1, 0.15) is 46.6 Å². The van der Waals surface area contributed by atoms with Crippen LogP contribution in [-0.2, 0) is 43.1 Å². The van der Waals surface area contributed by atoms with Gasteiger partial charge in [-0.1, -0.05) is 54.1 Å². The number of benzene rings is 3. The Morgan fingerprint density at radius 3 is 2.20 bits per heavy atom. The summed E-state index contributed by atoms with van der Waals surface area (Å²) in [5.41, 5.74) is 11.4. The first-order chi connectivity index (χ1) is 31.0. The van der Waals surface area contributed by atoms with Crippen LogP contribution in [-0.4, -0.2) is 89.8 Å². The highest BCUT2D eigenvalue weighted by molar-refractivity contribution is 7.59. The number of ketones is 2. The molecule has 0 unspecified atom stereocenters. The Morgan fingerprint density at radius 2 is 1.48 bits per heavy atom. The van der Waals surface area contributed by atoms with Crippen molar-refractivity contribution in [2.75, 3.05) is 58.1 Å². The number of anilines is 1. The fourth-order valence-corrected chi connectivity index (χ4v) is 9.67. The van der Waals surface area contributed by atoms with Crippen LogP contribution in [0.3, 0.4) is 0 Å². The molecule has 0 amide bonds. The summed E-state index contributed by atoms with van der Waals surface area (Å²) in [4.78, 5) is 36.7. The molecule has 0 radical (unpaired) electrons. The summed E-state index contributed by atoms with van der Waals surface area (Å²) in [7, 11) is 0. The van der Waals surface area contributed by atoms with Crippen LogP contribution in [0.2, 0.25) is 5.02 Å². The van der Waals surface area contributed by atoms with Crippen molar-refractivity contribution < 1.29 is 28.5 Å². The molecular formula is C50H55ClN6O6S2. The van der Waals surface area contributed by atoms with E-state index in [4.69, 9.17) is 40.5 Å². The number of ether oxygens (including phenoxy) is 4. The van der Waals surface area contributed by atoms with Gasteiger partial charge in [-0.3, -0.25) is 19.1 Å². The first-order valence-corrected chi connectivity index (χ1v) is 22.9. The topological polar surface area (TPSA) is 139 Å². The Labute approximate surface area is 396 Å². The van der Waals surface area contributed by atoms with Gasteiger partial charge in [0, 0.05) is 64.5 Å². The summed E-state index contributed by atoms with van der Waals surface area (Å²) in [6.07, 6.45) is 1.50. The number of carbonyl (C=O) groups is 2. The Morgan fingerprint density at radius 1 is 0.800 bits per heavy atom. The Hall–Kier alpha value is -5.22. The van der Waals surface area contributed by atoms with Crippen LogP contribution in [0.25, 0.3) is 16.1 Å². The Kier molecular flexibility index (Phi) is 16.0. The largest absolute Gasteiger partial charge is 0.491 e. The number of fused-ring (bicyclic) bond motifs is 4. The van der Waals surface area contributed by atoms with E-state index in [0.717, 1.165) is 78.1 Å². The molecular weight excluding hydrogens is 880 g/mol. The molecule has 3 aromatic heterocycles. The first-order valence-electron chi connectivity index (χ1n) is 21.7. The van der Waals surface area contributed by atoms with Crippen molar-refractivity contribution in [1.82, 2.24) is 19.7 Å². The molecule has 6 aromatic rings. The van der Waals surface area contributed by atoms with Crippen LogP contribution in [0, 0.1) is 34.6 Å². The summed E-state index contributed by atoms with van der Waals surface area (Å²) in [6, 6.07) is 23.1. The van der Waals surface area contributed by atoms with E-state index in [0.29, 0.717) is 82.2 Å². The average molecular weight is 936 g/mol. The van der Waals surface area contributed by atoms with E-state index >= 15 is 0 Å². The van der Waals surface area contributed by atoms with E-state index in [2.05, 4.69) is 65.1 Å². The molecule has 65 heavy (non-hydrogen) atoms. The fourth-order valence-electron chi connectivity index (χ4n) is 8.33. The summed E-state index contributed by atoms with van der Waals surface area (Å²) in [5.74, 6) is 3.27. The molecule has 0 bridgehead atoms. The normalized spacial score (nSPS) is 14.0. The molecule has 12 nitrogen and oxygen atoms in total. The summed E-state index contributed by atoms with van der Waals surface area (Å²) in [5, 5.41) is 14.0. The number of hydrogen-bond acceptors (Lipinski definition) is 12. The van der Waals surface area contributed by atoms with Gasteiger partial charge in [0.2, 0.25) is 0 Å². The molecule has 2 aliphatic rings. The number of halogens is 1. The van der Waals surface area contributed by atoms with E-state index in [9.17, 15) is 9.59 Å². The maximum atomic E-state index is 13.6. The van der Waals surface area contributed by atoms with Crippen molar-refractivity contribution in [1.29, 1.82) is 0 Å². The number of pyridine rings is 1. The minimum absolute atomic E-state index is 0. The highest BCUT2D eigenvalue weighted by atomic mass is 35.5. The third kappa shape index (κ3) is 11.4. The Balaban J connectivity index is 0.00000630. The minimum Gasteiger partial charge on any atom is -0.491 e. The number of aryl methyl sites for hydroxylation is 4. The number of nitrogens with zero attached hydrogens (tertiary/aromatic N) is 5. The van der Waals surface area contributed by atoms with Gasteiger partial charge in [0.05, 0.1) is 45.4 Å². The summed E-state index contributed by atoms with van der Waals surface area (Å²) >= 11 is 7.94. The van der Waals surface area contributed by atoms with Crippen LogP contribution in [0.15, 0.2) is 77.8 Å². The quantitative estimate of drug-likeness (QED) is 0.0739. The average Bonchev–Trinajstić information content (AvgIpc) is 3.91. The number of carbonyl (C=O) groups excluding carboxylic acids is 2. The lowest BCUT2D eigenvalue weighted by molar-refractivity contribution is -0.119. The van der Waals surface area contributed by atoms with Gasteiger partial charge >= 0.3 is 0 Å². The molecule has 8 rings (SSSR count). The third-order valence-corrected chi connectivity index (χ3v) is 13.0. The van der Waals surface area contributed by atoms with Crippen molar-refractivity contribution in [3.8, 4) is 21.9 Å². The lowest BCUT2D eigenvalue weighted by Gasteiger charge is -2.14. The number of aromatic nitrogens is 4. The maximum absolute atomic E-state index is 13.6. The van der Waals surface area contributed by atoms with Crippen molar-refractivity contribution in [3.05, 3.63) is 139 Å². The maximum Gasteiger partial charge on any atom is 0.163 e. The molecule has 340 valence electrons. The molecule has 1 aliphatic heterocycles. The third-order valence-electron chi connectivity index (χ3n) is 11.6. The van der Waals surface area contributed by atoms with Crippen molar-refractivity contribution in [2.24, 2.45) is 4.99 Å². The van der Waals surface area contributed by atoms with Gasteiger partial charge in [-0.15, -0.1) is 21.5 Å². The van der Waals surface area contributed by atoms with Crippen LogP contribution < -0.4 is 10.1 Å². The molecule has 1 N–H and O–H groups in total. The molecule has 4 heterocycles. The zero-order valence-corrected chi connectivity index (χ0v) is 40.0. The number of thiophene rings is 1. The molecule has 1 atom stereocenters. The van der Waals surface area contributed by atoms with Crippen molar-refractivity contribution >= 4 is 59.5 Å². The monoisotopic (exact) mass is 934 g/mol. The Bertz CT molecular complexity index is 2660. The predicted octanol–water partition coefficient (Wildman–Crippen LogP) is 9.00. The van der Waals surface area contributed by atoms with Gasteiger partial charge in [0.25, 0.3) is 0 Å². The molecule has 15 heteroatoms. The number of Topliss-reactive ketones (excluding diaryl/α,β-unsaturated/α-hetero) is 2. The second-order valence-corrected chi connectivity index (χ2v) is 17.9. The van der Waals surface area contributed by atoms with Crippen LogP contribution in [0.5, 0.6) is 5.75 Å². The number of aliphatic imine (C=N–C) groups is 1. The fraction of sp³-hybridized carbons (Fsp3) is 0.360. The predicted molar refractivity (Wildman–Crippen MR) is 261 cm³/mol. The van der Waals surface area contributed by atoms with Gasteiger partial charge in [-0.05, 0) is 98.3 Å². The smallest absolute Gasteiger partial charge is 0.163 e. The van der Waals surface area contributed by atoms with Gasteiger partial charge in [-0.25, -0.2) is 4.98 Å². The highest BCUT2D eigenvalue weighted by Gasteiger charge is 2.32. The lowest BCUT2D eigenvalue weighted by atomic mass is 9.96. The van der Waals surface area contributed by atoms with E-state index < -0.39 is 6.04 Å². The zero-order valence-electron chi connectivity index (χ0n) is 37.5. The SMILES string of the molecule is Cc1cc(NCCOCCOCCOCCOc2ccc(CC(=O)C[C@@H]3N=C(c4ccc(Cl)cc4)c4c(sc(C)c4C)-n4c(C)nnc43)cc2)nc(C)c1-c1ccc2c(c1)CC(=O)C2.S. The molecule has 0 fully saturated rings. The van der Waals surface area contributed by atoms with Crippen LogP contribution >= 0.6 is 36.4 Å². The number of rotatable bonds is 20.